The topological polar surface area (TPSA) is 38.7 Å². The molecule has 0 aliphatic heterocycles. The van der Waals surface area contributed by atoms with Crippen LogP contribution >= 0.6 is 11.3 Å². The van der Waals surface area contributed by atoms with E-state index in [9.17, 15) is 0 Å². The van der Waals surface area contributed by atoms with E-state index in [1.54, 1.807) is 0 Å². The van der Waals surface area contributed by atoms with E-state index in [0.717, 1.165) is 39.2 Å². The minimum absolute atomic E-state index is 0.702. The predicted octanol–water partition coefficient (Wildman–Crippen LogP) is 12.4. The lowest BCUT2D eigenvalue weighted by Gasteiger charge is -2.14. The van der Waals surface area contributed by atoms with Gasteiger partial charge in [-0.1, -0.05) is 121 Å². The van der Waals surface area contributed by atoms with Crippen molar-refractivity contribution in [2.24, 2.45) is 0 Å². The summed E-state index contributed by atoms with van der Waals surface area (Å²) in [6, 6.07) is 54.1. The molecule has 0 aliphatic rings. The van der Waals surface area contributed by atoms with E-state index in [2.05, 4.69) is 138 Å². The second-order valence-electron chi connectivity index (χ2n) is 12.4. The molecule has 0 saturated heterocycles. The average molecular weight is 642 g/mol. The van der Waals surface area contributed by atoms with Crippen molar-refractivity contribution in [1.82, 2.24) is 15.0 Å². The Balaban J connectivity index is 1.20. The number of aromatic nitrogens is 3. The highest BCUT2D eigenvalue weighted by molar-refractivity contribution is 7.26. The zero-order valence-electron chi connectivity index (χ0n) is 26.3. The molecule has 0 unspecified atom stereocenters. The Morgan fingerprint density at radius 1 is 0.367 bits per heavy atom. The minimum Gasteiger partial charge on any atom is -0.265 e. The molecule has 49 heavy (non-hydrogen) atoms. The minimum atomic E-state index is 0.702. The third kappa shape index (κ3) is 4.61. The van der Waals surface area contributed by atoms with Crippen LogP contribution < -0.4 is 0 Å². The van der Waals surface area contributed by atoms with Crippen LogP contribution in [0.5, 0.6) is 0 Å². The molecule has 3 nitrogen and oxygen atoms in total. The summed E-state index contributed by atoms with van der Waals surface area (Å²) in [5.41, 5.74) is 7.15. The Kier molecular flexibility index (Phi) is 6.36. The van der Waals surface area contributed by atoms with Crippen molar-refractivity contribution in [3.63, 3.8) is 0 Å². The summed E-state index contributed by atoms with van der Waals surface area (Å²) in [5, 5.41) is 10.3. The molecule has 0 spiro atoms. The van der Waals surface area contributed by atoms with E-state index in [4.69, 9.17) is 9.97 Å². The first kappa shape index (κ1) is 27.8. The van der Waals surface area contributed by atoms with E-state index < -0.39 is 0 Å². The van der Waals surface area contributed by atoms with Crippen LogP contribution in [0.2, 0.25) is 0 Å². The molecule has 10 rings (SSSR count). The fourth-order valence-electron chi connectivity index (χ4n) is 7.22. The summed E-state index contributed by atoms with van der Waals surface area (Å²) in [4.78, 5) is 14.5. The van der Waals surface area contributed by atoms with Crippen molar-refractivity contribution in [1.29, 1.82) is 0 Å². The summed E-state index contributed by atoms with van der Waals surface area (Å²) < 4.78 is 2.66. The first-order chi connectivity index (χ1) is 24.3. The van der Waals surface area contributed by atoms with Crippen LogP contribution in [0.4, 0.5) is 0 Å². The number of rotatable bonds is 4. The summed E-state index contributed by atoms with van der Waals surface area (Å²) in [5.74, 6) is 0.702. The van der Waals surface area contributed by atoms with Gasteiger partial charge in [-0.2, -0.15) is 0 Å². The standard InChI is InChI=1S/C45H27N3S/c1-2-8-30(9-3-1)40-27-41(48-45(47-40)31-16-14-28(15-17-31)29-22-24-46-25-23-29)32-18-19-37-39(26-32)34-11-5-4-10-33(34)36-20-21-38-35-12-6-7-13-42(35)49-44(38)43(36)37/h1-27H. The van der Waals surface area contributed by atoms with Gasteiger partial charge in [0.15, 0.2) is 5.82 Å². The largest absolute Gasteiger partial charge is 0.265 e. The predicted molar refractivity (Wildman–Crippen MR) is 207 cm³/mol. The molecular formula is C45H27N3S. The quantitative estimate of drug-likeness (QED) is 0.180. The summed E-state index contributed by atoms with van der Waals surface area (Å²) in [6.07, 6.45) is 3.64. The molecule has 0 aliphatic carbocycles. The highest BCUT2D eigenvalue weighted by Crippen LogP contribution is 2.45. The fraction of sp³-hybridized carbons (Fsp3) is 0. The van der Waals surface area contributed by atoms with Crippen molar-refractivity contribution in [3.05, 3.63) is 164 Å². The van der Waals surface area contributed by atoms with Gasteiger partial charge in [0.1, 0.15) is 0 Å². The van der Waals surface area contributed by atoms with Gasteiger partial charge in [-0.05, 0) is 68.4 Å². The average Bonchev–Trinajstić information content (AvgIpc) is 3.57. The Morgan fingerprint density at radius 2 is 0.939 bits per heavy atom. The molecule has 4 heteroatoms. The van der Waals surface area contributed by atoms with Crippen molar-refractivity contribution in [3.8, 4) is 45.0 Å². The van der Waals surface area contributed by atoms with Crippen molar-refractivity contribution in [2.45, 2.75) is 0 Å². The number of benzene rings is 7. The van der Waals surface area contributed by atoms with Gasteiger partial charge >= 0.3 is 0 Å². The Morgan fingerprint density at radius 3 is 1.73 bits per heavy atom. The number of hydrogen-bond acceptors (Lipinski definition) is 4. The Bertz CT molecular complexity index is 2860. The molecule has 3 heterocycles. The van der Waals surface area contributed by atoms with Crippen LogP contribution in [0.15, 0.2) is 164 Å². The number of fused-ring (bicyclic) bond motifs is 10. The second-order valence-corrected chi connectivity index (χ2v) is 13.5. The van der Waals surface area contributed by atoms with Crippen LogP contribution in [-0.2, 0) is 0 Å². The van der Waals surface area contributed by atoms with Crippen LogP contribution in [-0.4, -0.2) is 15.0 Å². The third-order valence-corrected chi connectivity index (χ3v) is 10.8. The normalized spacial score (nSPS) is 11.7. The maximum absolute atomic E-state index is 5.21. The molecule has 0 saturated carbocycles. The second kappa shape index (κ2) is 11.2. The number of hydrogen-bond donors (Lipinski definition) is 0. The molecule has 0 N–H and O–H groups in total. The van der Waals surface area contributed by atoms with Gasteiger partial charge in [0, 0.05) is 54.6 Å². The molecule has 7 aromatic carbocycles. The summed E-state index contributed by atoms with van der Waals surface area (Å²) in [6.45, 7) is 0. The first-order valence-corrected chi connectivity index (χ1v) is 17.2. The lowest BCUT2D eigenvalue weighted by molar-refractivity contribution is 1.18. The van der Waals surface area contributed by atoms with Gasteiger partial charge in [0.25, 0.3) is 0 Å². The zero-order chi connectivity index (χ0) is 32.3. The Labute approximate surface area is 286 Å². The maximum atomic E-state index is 5.21. The molecule has 228 valence electrons. The maximum Gasteiger partial charge on any atom is 0.160 e. The van der Waals surface area contributed by atoms with E-state index in [1.807, 2.05) is 41.9 Å². The Hall–Kier alpha value is -6.23. The number of pyridine rings is 1. The van der Waals surface area contributed by atoms with Crippen LogP contribution in [0.3, 0.4) is 0 Å². The van der Waals surface area contributed by atoms with Gasteiger partial charge < -0.3 is 0 Å². The van der Waals surface area contributed by atoms with E-state index in [1.165, 1.54) is 52.5 Å². The fourth-order valence-corrected chi connectivity index (χ4v) is 8.48. The number of nitrogens with zero attached hydrogens (tertiary/aromatic N) is 3. The van der Waals surface area contributed by atoms with Crippen molar-refractivity contribution >= 4 is 63.8 Å². The van der Waals surface area contributed by atoms with E-state index >= 15 is 0 Å². The van der Waals surface area contributed by atoms with Gasteiger partial charge in [0.05, 0.1) is 11.4 Å². The highest BCUT2D eigenvalue weighted by atomic mass is 32.1. The van der Waals surface area contributed by atoms with E-state index in [0.29, 0.717) is 5.82 Å². The zero-order valence-corrected chi connectivity index (χ0v) is 27.2. The van der Waals surface area contributed by atoms with Gasteiger partial charge in [-0.25, -0.2) is 9.97 Å². The summed E-state index contributed by atoms with van der Waals surface area (Å²) >= 11 is 1.89. The first-order valence-electron chi connectivity index (χ1n) is 16.4. The van der Waals surface area contributed by atoms with Gasteiger partial charge in [-0.15, -0.1) is 11.3 Å². The van der Waals surface area contributed by atoms with Gasteiger partial charge in [0.2, 0.25) is 0 Å². The molecule has 10 aromatic rings. The van der Waals surface area contributed by atoms with Crippen LogP contribution in [0.25, 0.3) is 97.5 Å². The monoisotopic (exact) mass is 641 g/mol. The van der Waals surface area contributed by atoms with Crippen LogP contribution in [0.1, 0.15) is 0 Å². The molecular weight excluding hydrogens is 615 g/mol. The molecule has 0 bridgehead atoms. The molecule has 0 fully saturated rings. The molecule has 0 amide bonds. The summed E-state index contributed by atoms with van der Waals surface area (Å²) in [7, 11) is 0. The lowest BCUT2D eigenvalue weighted by atomic mass is 9.91. The smallest absolute Gasteiger partial charge is 0.160 e. The van der Waals surface area contributed by atoms with Crippen molar-refractivity contribution < 1.29 is 0 Å². The highest BCUT2D eigenvalue weighted by Gasteiger charge is 2.17. The van der Waals surface area contributed by atoms with Crippen LogP contribution in [0, 0.1) is 0 Å². The third-order valence-electron chi connectivity index (χ3n) is 9.59. The van der Waals surface area contributed by atoms with E-state index in [-0.39, 0.29) is 0 Å². The molecule has 3 aromatic heterocycles. The lowest BCUT2D eigenvalue weighted by Crippen LogP contribution is -1.96. The molecule has 0 radical (unpaired) electrons. The number of thiophene rings is 1. The van der Waals surface area contributed by atoms with Gasteiger partial charge in [-0.3, -0.25) is 4.98 Å². The SMILES string of the molecule is c1ccc(-c2cc(-c3ccc4c(c3)c3ccccc3c3ccc5c6ccccc6sc5c34)nc(-c3ccc(-c4ccncc4)cc3)n2)cc1. The van der Waals surface area contributed by atoms with Crippen molar-refractivity contribution in [2.75, 3.05) is 0 Å². The molecule has 0 atom stereocenters.